The Morgan fingerprint density at radius 3 is 2.90 bits per heavy atom. The topological polar surface area (TPSA) is 88.1 Å². The predicted octanol–water partition coefficient (Wildman–Crippen LogP) is 0.0541. The van der Waals surface area contributed by atoms with Gasteiger partial charge in [-0.05, 0) is 19.8 Å². The number of esters is 1. The number of rotatable bonds is 3. The molecule has 0 spiro atoms. The lowest BCUT2D eigenvalue weighted by atomic mass is 9.97. The van der Waals surface area contributed by atoms with Crippen molar-refractivity contribution >= 4 is 23.5 Å². The van der Waals surface area contributed by atoms with Gasteiger partial charge in [0.15, 0.2) is 0 Å². The molecule has 0 aromatic heterocycles. The Labute approximate surface area is 117 Å². The summed E-state index contributed by atoms with van der Waals surface area (Å²) in [6, 6.07) is 0. The second-order valence-corrected chi connectivity index (χ2v) is 4.94. The van der Waals surface area contributed by atoms with Gasteiger partial charge in [-0.15, -0.1) is 0 Å². The number of nitrogens with zero attached hydrogens (tertiary/aromatic N) is 2. The molecule has 7 nitrogen and oxygen atoms in total. The molecule has 1 fully saturated rings. The van der Waals surface area contributed by atoms with Gasteiger partial charge in [0.2, 0.25) is 5.91 Å². The Balaban J connectivity index is 1.96. The third kappa shape index (κ3) is 3.34. The van der Waals surface area contributed by atoms with Crippen molar-refractivity contribution in [2.75, 3.05) is 19.7 Å². The van der Waals surface area contributed by atoms with Crippen LogP contribution < -0.4 is 5.43 Å². The first-order chi connectivity index (χ1) is 9.61. The molecule has 0 saturated carbocycles. The van der Waals surface area contributed by atoms with Crippen LogP contribution in [0.3, 0.4) is 0 Å². The molecular formula is C13H19N3O4. The summed E-state index contributed by atoms with van der Waals surface area (Å²) in [5.41, 5.74) is 2.67. The van der Waals surface area contributed by atoms with E-state index >= 15 is 0 Å². The van der Waals surface area contributed by atoms with Crippen LogP contribution in [0.2, 0.25) is 0 Å². The van der Waals surface area contributed by atoms with E-state index in [0.717, 1.165) is 12.8 Å². The Bertz CT molecular complexity index is 447. The molecule has 110 valence electrons. The average Bonchev–Trinajstić information content (AvgIpc) is 2.48. The molecule has 2 rings (SSSR count). The Morgan fingerprint density at radius 1 is 1.45 bits per heavy atom. The summed E-state index contributed by atoms with van der Waals surface area (Å²) < 4.78 is 5.00. The molecule has 1 saturated heterocycles. The smallest absolute Gasteiger partial charge is 0.310 e. The summed E-state index contributed by atoms with van der Waals surface area (Å²) in [6.45, 7) is 3.09. The maximum atomic E-state index is 12.3. The summed E-state index contributed by atoms with van der Waals surface area (Å²) in [5, 5.41) is 3.80. The van der Waals surface area contributed by atoms with Gasteiger partial charge in [0.25, 0.3) is 5.91 Å². The van der Waals surface area contributed by atoms with Crippen molar-refractivity contribution in [1.82, 2.24) is 10.3 Å². The Hall–Kier alpha value is -1.92. The highest BCUT2D eigenvalue weighted by molar-refractivity contribution is 6.39. The standard InChI is InChI=1S/C13H19N3O4/c1-2-20-13(19)9-4-3-7-16(8-9)12(18)10-5-6-11(17)15-14-10/h9H,2-8H2,1H3,(H,15,17). The van der Waals surface area contributed by atoms with Crippen molar-refractivity contribution in [2.45, 2.75) is 32.6 Å². The van der Waals surface area contributed by atoms with Gasteiger partial charge in [-0.2, -0.15) is 5.10 Å². The third-order valence-corrected chi connectivity index (χ3v) is 3.48. The number of hydrogen-bond donors (Lipinski definition) is 1. The molecule has 0 radical (unpaired) electrons. The molecule has 0 aromatic rings. The van der Waals surface area contributed by atoms with Crippen LogP contribution in [-0.4, -0.2) is 48.1 Å². The maximum Gasteiger partial charge on any atom is 0.310 e. The molecule has 2 aliphatic heterocycles. The van der Waals surface area contributed by atoms with Gasteiger partial charge < -0.3 is 9.64 Å². The number of carbonyl (C=O) groups excluding carboxylic acids is 3. The highest BCUT2D eigenvalue weighted by Gasteiger charge is 2.31. The third-order valence-electron chi connectivity index (χ3n) is 3.48. The van der Waals surface area contributed by atoms with Crippen molar-refractivity contribution < 1.29 is 19.1 Å². The molecule has 1 N–H and O–H groups in total. The fourth-order valence-corrected chi connectivity index (χ4v) is 2.42. The lowest BCUT2D eigenvalue weighted by Gasteiger charge is -2.32. The molecule has 20 heavy (non-hydrogen) atoms. The van der Waals surface area contributed by atoms with Crippen molar-refractivity contribution in [1.29, 1.82) is 0 Å². The zero-order valence-electron chi connectivity index (χ0n) is 11.6. The first-order valence-corrected chi connectivity index (χ1v) is 6.93. The summed E-state index contributed by atoms with van der Waals surface area (Å²) in [7, 11) is 0. The van der Waals surface area contributed by atoms with Gasteiger partial charge in [-0.3, -0.25) is 14.4 Å². The van der Waals surface area contributed by atoms with Crippen molar-refractivity contribution in [2.24, 2.45) is 11.0 Å². The van der Waals surface area contributed by atoms with Crippen LogP contribution in [0.15, 0.2) is 5.10 Å². The summed E-state index contributed by atoms with van der Waals surface area (Å²) >= 11 is 0. The number of hydrazone groups is 1. The van der Waals surface area contributed by atoms with Crippen molar-refractivity contribution in [3.63, 3.8) is 0 Å². The molecule has 1 unspecified atom stereocenters. The van der Waals surface area contributed by atoms with E-state index in [1.807, 2.05) is 0 Å². The number of ether oxygens (including phenoxy) is 1. The van der Waals surface area contributed by atoms with E-state index in [9.17, 15) is 14.4 Å². The van der Waals surface area contributed by atoms with E-state index in [-0.39, 0.29) is 30.1 Å². The monoisotopic (exact) mass is 281 g/mol. The van der Waals surface area contributed by atoms with E-state index in [2.05, 4.69) is 10.5 Å². The number of hydrogen-bond acceptors (Lipinski definition) is 5. The van der Waals surface area contributed by atoms with Gasteiger partial charge in [0, 0.05) is 25.9 Å². The fraction of sp³-hybridized carbons (Fsp3) is 0.692. The van der Waals surface area contributed by atoms with Gasteiger partial charge >= 0.3 is 5.97 Å². The maximum absolute atomic E-state index is 12.3. The molecule has 1 atom stereocenters. The largest absolute Gasteiger partial charge is 0.466 e. The van der Waals surface area contributed by atoms with E-state index in [0.29, 0.717) is 31.8 Å². The zero-order valence-corrected chi connectivity index (χ0v) is 11.6. The normalized spacial score (nSPS) is 22.9. The first kappa shape index (κ1) is 14.5. The minimum Gasteiger partial charge on any atom is -0.466 e. The second-order valence-electron chi connectivity index (χ2n) is 4.94. The molecule has 2 amide bonds. The van der Waals surface area contributed by atoms with Crippen LogP contribution in [0.5, 0.6) is 0 Å². The first-order valence-electron chi connectivity index (χ1n) is 6.93. The molecular weight excluding hydrogens is 262 g/mol. The van der Waals surface area contributed by atoms with Gasteiger partial charge in [0.05, 0.1) is 12.5 Å². The average molecular weight is 281 g/mol. The number of nitrogens with one attached hydrogen (secondary N) is 1. The Morgan fingerprint density at radius 2 is 2.25 bits per heavy atom. The highest BCUT2D eigenvalue weighted by atomic mass is 16.5. The van der Waals surface area contributed by atoms with E-state index < -0.39 is 0 Å². The minimum atomic E-state index is -0.258. The number of amides is 2. The minimum absolute atomic E-state index is 0.176. The number of piperidine rings is 1. The van der Waals surface area contributed by atoms with Crippen LogP contribution in [0.1, 0.15) is 32.6 Å². The van der Waals surface area contributed by atoms with E-state index in [1.165, 1.54) is 0 Å². The number of likely N-dealkylation sites (tertiary alicyclic amines) is 1. The molecule has 0 bridgehead atoms. The van der Waals surface area contributed by atoms with Gasteiger partial charge in [-0.1, -0.05) is 0 Å². The predicted molar refractivity (Wildman–Crippen MR) is 70.7 cm³/mol. The summed E-state index contributed by atoms with van der Waals surface area (Å²) in [5.74, 6) is -0.876. The van der Waals surface area contributed by atoms with Crippen LogP contribution >= 0.6 is 0 Å². The van der Waals surface area contributed by atoms with Crippen LogP contribution in [0.25, 0.3) is 0 Å². The van der Waals surface area contributed by atoms with E-state index in [4.69, 9.17) is 4.74 Å². The van der Waals surface area contributed by atoms with Gasteiger partial charge in [0.1, 0.15) is 5.71 Å². The second kappa shape index (κ2) is 6.49. The SMILES string of the molecule is CCOC(=O)C1CCCN(C(=O)C2=NNC(=O)CC2)C1. The zero-order chi connectivity index (χ0) is 14.5. The van der Waals surface area contributed by atoms with Crippen molar-refractivity contribution in [3.05, 3.63) is 0 Å². The molecule has 0 aromatic carbocycles. The molecule has 2 aliphatic rings. The van der Waals surface area contributed by atoms with Gasteiger partial charge in [-0.25, -0.2) is 5.43 Å². The summed E-state index contributed by atoms with van der Waals surface area (Å²) in [6.07, 6.45) is 2.14. The van der Waals surface area contributed by atoms with Crippen LogP contribution in [-0.2, 0) is 19.1 Å². The summed E-state index contributed by atoms with van der Waals surface area (Å²) in [4.78, 5) is 36.7. The van der Waals surface area contributed by atoms with E-state index in [1.54, 1.807) is 11.8 Å². The Kier molecular flexibility index (Phi) is 4.70. The molecule has 0 aliphatic carbocycles. The molecule has 7 heteroatoms. The quantitative estimate of drug-likeness (QED) is 0.741. The van der Waals surface area contributed by atoms with Crippen LogP contribution in [0, 0.1) is 5.92 Å². The van der Waals surface area contributed by atoms with Crippen LogP contribution in [0.4, 0.5) is 0 Å². The lowest BCUT2D eigenvalue weighted by Crippen LogP contribution is -2.46. The highest BCUT2D eigenvalue weighted by Crippen LogP contribution is 2.19. The number of carbonyl (C=O) groups is 3. The van der Waals surface area contributed by atoms with Crippen molar-refractivity contribution in [3.8, 4) is 0 Å². The fourth-order valence-electron chi connectivity index (χ4n) is 2.42. The molecule has 2 heterocycles. The lowest BCUT2D eigenvalue weighted by molar-refractivity contribution is -0.150.